The molecule has 2 aromatic carbocycles. The molecule has 0 radical (unpaired) electrons. The first-order chi connectivity index (χ1) is 10.6. The highest BCUT2D eigenvalue weighted by Gasteiger charge is 2.10. The van der Waals surface area contributed by atoms with E-state index in [1.807, 2.05) is 30.3 Å². The van der Waals surface area contributed by atoms with Crippen LogP contribution in [0.5, 0.6) is 0 Å². The first kappa shape index (κ1) is 16.5. The number of rotatable bonds is 6. The van der Waals surface area contributed by atoms with Crippen molar-refractivity contribution in [3.8, 4) is 0 Å². The van der Waals surface area contributed by atoms with Crippen LogP contribution in [0.1, 0.15) is 11.7 Å². The summed E-state index contributed by atoms with van der Waals surface area (Å²) in [5.41, 5.74) is 0.990. The van der Waals surface area contributed by atoms with Gasteiger partial charge in [-0.05, 0) is 17.7 Å². The Morgan fingerprint density at radius 3 is 2.55 bits per heavy atom. The van der Waals surface area contributed by atoms with Crippen LogP contribution in [0, 0.1) is 11.6 Å². The number of carbonyl (C=O) groups excluding carboxylic acids is 1. The molecule has 0 saturated carbocycles. The average Bonchev–Trinajstić information content (AvgIpc) is 2.51. The summed E-state index contributed by atoms with van der Waals surface area (Å²) in [7, 11) is 0. The number of hydrogen-bond donors (Lipinski definition) is 2. The molecule has 0 heterocycles. The Morgan fingerprint density at radius 2 is 1.86 bits per heavy atom. The average molecular weight is 323 g/mol. The molecular formula is C16H15F2NO2S. The van der Waals surface area contributed by atoms with Crippen molar-refractivity contribution in [1.82, 2.24) is 0 Å². The number of aliphatic hydroxyl groups is 1. The highest BCUT2D eigenvalue weighted by Crippen LogP contribution is 2.18. The highest BCUT2D eigenvalue weighted by atomic mass is 32.2. The lowest BCUT2D eigenvalue weighted by Crippen LogP contribution is -2.15. The molecule has 0 fully saturated rings. The summed E-state index contributed by atoms with van der Waals surface area (Å²) in [5, 5.41) is 12.4. The highest BCUT2D eigenvalue weighted by molar-refractivity contribution is 7.99. The molecule has 2 rings (SSSR count). The van der Waals surface area contributed by atoms with Crippen molar-refractivity contribution in [3.63, 3.8) is 0 Å². The number of amides is 1. The second-order valence-electron chi connectivity index (χ2n) is 4.62. The fourth-order valence-corrected chi connectivity index (χ4v) is 2.60. The fraction of sp³-hybridized carbons (Fsp3) is 0.188. The lowest BCUT2D eigenvalue weighted by atomic mass is 10.1. The van der Waals surface area contributed by atoms with Crippen molar-refractivity contribution >= 4 is 23.4 Å². The van der Waals surface area contributed by atoms with Gasteiger partial charge in [-0.3, -0.25) is 4.79 Å². The Labute approximate surface area is 131 Å². The van der Waals surface area contributed by atoms with Crippen LogP contribution in [-0.4, -0.2) is 22.5 Å². The second kappa shape index (κ2) is 7.91. The van der Waals surface area contributed by atoms with Gasteiger partial charge in [-0.15, -0.1) is 11.8 Å². The third-order valence-corrected chi connectivity index (χ3v) is 3.91. The van der Waals surface area contributed by atoms with E-state index in [1.165, 1.54) is 17.8 Å². The van der Waals surface area contributed by atoms with E-state index >= 15 is 0 Å². The molecule has 6 heteroatoms. The zero-order valence-corrected chi connectivity index (χ0v) is 12.4. The van der Waals surface area contributed by atoms with Crippen LogP contribution in [0.15, 0.2) is 48.5 Å². The van der Waals surface area contributed by atoms with Gasteiger partial charge in [0.15, 0.2) is 11.6 Å². The maximum atomic E-state index is 13.0. The van der Waals surface area contributed by atoms with Gasteiger partial charge in [-0.1, -0.05) is 30.3 Å². The van der Waals surface area contributed by atoms with Crippen LogP contribution in [0.3, 0.4) is 0 Å². The molecule has 0 unspecified atom stereocenters. The maximum Gasteiger partial charge on any atom is 0.234 e. The molecule has 0 saturated heterocycles. The quantitative estimate of drug-likeness (QED) is 0.857. The minimum Gasteiger partial charge on any atom is -0.388 e. The Bertz CT molecular complexity index is 637. The smallest absolute Gasteiger partial charge is 0.234 e. The maximum absolute atomic E-state index is 13.0. The minimum absolute atomic E-state index is 0.114. The van der Waals surface area contributed by atoms with E-state index in [0.717, 1.165) is 17.7 Å². The van der Waals surface area contributed by atoms with E-state index in [1.54, 1.807) is 0 Å². The van der Waals surface area contributed by atoms with Crippen LogP contribution in [0.4, 0.5) is 14.5 Å². The number of carbonyl (C=O) groups is 1. The summed E-state index contributed by atoms with van der Waals surface area (Å²) in [6.07, 6.45) is -0.651. The lowest BCUT2D eigenvalue weighted by molar-refractivity contribution is -0.113. The van der Waals surface area contributed by atoms with Crippen molar-refractivity contribution < 1.29 is 18.7 Å². The zero-order valence-electron chi connectivity index (χ0n) is 11.6. The van der Waals surface area contributed by atoms with E-state index < -0.39 is 17.7 Å². The number of halogens is 2. The Hall–Kier alpha value is -1.92. The molecule has 0 aliphatic heterocycles. The van der Waals surface area contributed by atoms with E-state index in [4.69, 9.17) is 0 Å². The summed E-state index contributed by atoms with van der Waals surface area (Å²) in [6, 6.07) is 12.3. The molecule has 3 nitrogen and oxygen atoms in total. The van der Waals surface area contributed by atoms with Crippen LogP contribution in [0.25, 0.3) is 0 Å². The van der Waals surface area contributed by atoms with E-state index in [0.29, 0.717) is 5.75 Å². The van der Waals surface area contributed by atoms with Crippen molar-refractivity contribution in [3.05, 3.63) is 65.7 Å². The molecule has 2 N–H and O–H groups in total. The van der Waals surface area contributed by atoms with Gasteiger partial charge in [0.25, 0.3) is 0 Å². The fourth-order valence-electron chi connectivity index (χ4n) is 1.81. The van der Waals surface area contributed by atoms with Crippen LogP contribution < -0.4 is 5.32 Å². The summed E-state index contributed by atoms with van der Waals surface area (Å²) >= 11 is 1.26. The summed E-state index contributed by atoms with van der Waals surface area (Å²) in [5.74, 6) is -1.82. The molecule has 0 aliphatic rings. The predicted molar refractivity (Wildman–Crippen MR) is 83.7 cm³/mol. The van der Waals surface area contributed by atoms with Gasteiger partial charge in [0.1, 0.15) is 0 Å². The Morgan fingerprint density at radius 1 is 1.14 bits per heavy atom. The molecule has 1 amide bonds. The molecule has 22 heavy (non-hydrogen) atoms. The van der Waals surface area contributed by atoms with Gasteiger partial charge in [-0.25, -0.2) is 8.78 Å². The van der Waals surface area contributed by atoms with Crippen molar-refractivity contribution in [1.29, 1.82) is 0 Å². The van der Waals surface area contributed by atoms with Gasteiger partial charge in [-0.2, -0.15) is 0 Å². The van der Waals surface area contributed by atoms with Gasteiger partial charge in [0, 0.05) is 17.5 Å². The number of nitrogens with one attached hydrogen (secondary N) is 1. The van der Waals surface area contributed by atoms with Crippen LogP contribution in [0.2, 0.25) is 0 Å². The molecule has 116 valence electrons. The summed E-state index contributed by atoms with van der Waals surface area (Å²) in [6.45, 7) is 0. The lowest BCUT2D eigenvalue weighted by Gasteiger charge is -2.10. The SMILES string of the molecule is O=C(CSC[C@H](O)c1ccccc1)Nc1ccc(F)c(F)c1. The van der Waals surface area contributed by atoms with Crippen molar-refractivity contribution in [2.45, 2.75) is 6.10 Å². The largest absolute Gasteiger partial charge is 0.388 e. The molecule has 0 aromatic heterocycles. The van der Waals surface area contributed by atoms with E-state index in [2.05, 4.69) is 5.32 Å². The standard InChI is InChI=1S/C16H15F2NO2S/c17-13-7-6-12(8-14(13)18)19-16(21)10-22-9-15(20)11-4-2-1-3-5-11/h1-8,15,20H,9-10H2,(H,19,21)/t15-/m0/s1. The number of anilines is 1. The molecule has 0 bridgehead atoms. The third kappa shape index (κ3) is 4.82. The minimum atomic E-state index is -1.01. The van der Waals surface area contributed by atoms with Gasteiger partial charge < -0.3 is 10.4 Å². The topological polar surface area (TPSA) is 49.3 Å². The Balaban J connectivity index is 1.77. The molecule has 1 atom stereocenters. The first-order valence-electron chi connectivity index (χ1n) is 6.62. The van der Waals surface area contributed by atoms with Gasteiger partial charge in [0.2, 0.25) is 5.91 Å². The Kier molecular flexibility index (Phi) is 5.91. The molecule has 0 aliphatic carbocycles. The summed E-state index contributed by atoms with van der Waals surface area (Å²) in [4.78, 5) is 11.7. The predicted octanol–water partition coefficient (Wildman–Crippen LogP) is 3.37. The second-order valence-corrected chi connectivity index (χ2v) is 5.65. The van der Waals surface area contributed by atoms with E-state index in [-0.39, 0.29) is 17.3 Å². The van der Waals surface area contributed by atoms with Crippen molar-refractivity contribution in [2.24, 2.45) is 0 Å². The first-order valence-corrected chi connectivity index (χ1v) is 7.77. The summed E-state index contributed by atoms with van der Waals surface area (Å²) < 4.78 is 25.8. The van der Waals surface area contributed by atoms with Crippen molar-refractivity contribution in [2.75, 3.05) is 16.8 Å². The molecular weight excluding hydrogens is 308 g/mol. The number of thioether (sulfide) groups is 1. The van der Waals surface area contributed by atoms with Gasteiger partial charge in [0.05, 0.1) is 11.9 Å². The monoisotopic (exact) mass is 323 g/mol. The zero-order chi connectivity index (χ0) is 15.9. The van der Waals surface area contributed by atoms with Crippen LogP contribution in [-0.2, 0) is 4.79 Å². The normalized spacial score (nSPS) is 12.0. The van der Waals surface area contributed by atoms with Crippen LogP contribution >= 0.6 is 11.8 Å². The number of benzene rings is 2. The molecule has 2 aromatic rings. The van der Waals surface area contributed by atoms with Gasteiger partial charge >= 0.3 is 0 Å². The van der Waals surface area contributed by atoms with E-state index in [9.17, 15) is 18.7 Å². The third-order valence-electron chi connectivity index (χ3n) is 2.90. The number of aliphatic hydroxyl groups excluding tert-OH is 1. The molecule has 0 spiro atoms. The number of hydrogen-bond acceptors (Lipinski definition) is 3.